The van der Waals surface area contributed by atoms with Crippen LogP contribution in [0.5, 0.6) is 0 Å². The predicted molar refractivity (Wildman–Crippen MR) is 182 cm³/mol. The standard InChI is InChI=1S/C29H29ClN8O3.2C2HF3O2/c1-17-9-25(37-41-17)28(40)38-8-2-3-19(16-38)11-26(39)35-24-7-6-21-12-20(24)5-4-18-10-22(14-31-13-18)34-29-32-15-23(30)27(33-21)36-29;2*3-2(4,5)1(6)7/h6-7,9-10,12-15,19H,2-5,8,11,16H2,1H3,(H,35,39)(H2,32,33,34,36);2*(H,6,7)/t19-;;/m1../s1. The number of hydrogen-bond acceptors (Lipinski definition) is 11. The molecular weight excluding hydrogens is 770 g/mol. The molecule has 0 radical (unpaired) electrons. The van der Waals surface area contributed by atoms with Crippen molar-refractivity contribution in [2.24, 2.45) is 5.92 Å². The minimum absolute atomic E-state index is 0.0575. The third-order valence-electron chi connectivity index (χ3n) is 7.73. The summed E-state index contributed by atoms with van der Waals surface area (Å²) in [5.41, 5.74) is 4.61. The van der Waals surface area contributed by atoms with Crippen molar-refractivity contribution >= 4 is 64.2 Å². The highest BCUT2D eigenvalue weighted by atomic mass is 35.5. The number of amides is 2. The quantitative estimate of drug-likeness (QED) is 0.139. The second-order valence-electron chi connectivity index (χ2n) is 12.0. The van der Waals surface area contributed by atoms with Crippen LogP contribution < -0.4 is 16.0 Å². The molecule has 15 nitrogen and oxygen atoms in total. The summed E-state index contributed by atoms with van der Waals surface area (Å²) in [7, 11) is 0. The van der Waals surface area contributed by atoms with Gasteiger partial charge >= 0.3 is 24.3 Å². The number of alkyl halides is 6. The van der Waals surface area contributed by atoms with Crippen molar-refractivity contribution in [2.75, 3.05) is 29.0 Å². The Bertz CT molecular complexity index is 2000. The van der Waals surface area contributed by atoms with Crippen LogP contribution >= 0.6 is 11.6 Å². The van der Waals surface area contributed by atoms with Gasteiger partial charge in [-0.25, -0.2) is 14.6 Å². The highest BCUT2D eigenvalue weighted by molar-refractivity contribution is 6.32. The van der Waals surface area contributed by atoms with Gasteiger partial charge in [-0.05, 0) is 73.9 Å². The van der Waals surface area contributed by atoms with Gasteiger partial charge in [-0.3, -0.25) is 14.6 Å². The van der Waals surface area contributed by atoms with Gasteiger partial charge in [0.2, 0.25) is 11.9 Å². The van der Waals surface area contributed by atoms with Gasteiger partial charge in [0.15, 0.2) is 11.5 Å². The minimum Gasteiger partial charge on any atom is -0.475 e. The number of aliphatic carboxylic acids is 2. The lowest BCUT2D eigenvalue weighted by Gasteiger charge is -2.32. The first-order valence-corrected chi connectivity index (χ1v) is 16.4. The summed E-state index contributed by atoms with van der Waals surface area (Å²) in [5.74, 6) is -4.24. The number of likely N-dealkylation sites (tertiary alicyclic amines) is 1. The SMILES string of the molecule is Cc1cc(C(=O)N2CCC[C@H](CC(=O)Nc3ccc4cc3CCc3cncc(c3)Nc3ncc(Cl)c(n3)N4)C2)no1.O=C(O)C(F)(F)F.O=C(O)C(F)(F)F. The number of anilines is 5. The van der Waals surface area contributed by atoms with E-state index in [2.05, 4.69) is 36.1 Å². The molecule has 4 aromatic rings. The van der Waals surface area contributed by atoms with Gasteiger partial charge in [0.25, 0.3) is 5.91 Å². The molecule has 55 heavy (non-hydrogen) atoms. The molecule has 1 aromatic carbocycles. The first-order chi connectivity index (χ1) is 25.8. The van der Waals surface area contributed by atoms with E-state index >= 15 is 0 Å². The van der Waals surface area contributed by atoms with Crippen molar-refractivity contribution in [1.82, 2.24) is 25.0 Å². The van der Waals surface area contributed by atoms with E-state index in [9.17, 15) is 35.9 Å². The Morgan fingerprint density at radius 3 is 2.29 bits per heavy atom. The van der Waals surface area contributed by atoms with Gasteiger partial charge in [0.05, 0.1) is 18.1 Å². The average Bonchev–Trinajstić information content (AvgIpc) is 3.55. The van der Waals surface area contributed by atoms with Crippen LogP contribution in [0.15, 0.2) is 53.4 Å². The molecule has 1 fully saturated rings. The van der Waals surface area contributed by atoms with Crippen LogP contribution in [-0.4, -0.2) is 84.4 Å². The highest BCUT2D eigenvalue weighted by Crippen LogP contribution is 2.30. The molecule has 2 aliphatic rings. The van der Waals surface area contributed by atoms with Crippen LogP contribution in [0.2, 0.25) is 5.02 Å². The zero-order valence-corrected chi connectivity index (χ0v) is 29.2. The Labute approximate surface area is 312 Å². The summed E-state index contributed by atoms with van der Waals surface area (Å²) in [4.78, 5) is 58.8. The Morgan fingerprint density at radius 1 is 0.964 bits per heavy atom. The molecule has 2 amide bonds. The lowest BCUT2D eigenvalue weighted by molar-refractivity contribution is -0.193. The number of aryl methyl sites for hydroxylation is 3. The molecule has 2 aliphatic heterocycles. The number of carboxylic acids is 2. The number of carbonyl (C=O) groups is 4. The summed E-state index contributed by atoms with van der Waals surface area (Å²) >= 11 is 6.37. The first-order valence-electron chi connectivity index (χ1n) is 16.0. The molecule has 3 aromatic heterocycles. The summed E-state index contributed by atoms with van der Waals surface area (Å²) < 4.78 is 68.5. The van der Waals surface area contributed by atoms with Gasteiger partial charge in [-0.15, -0.1) is 0 Å². The van der Waals surface area contributed by atoms with Gasteiger partial charge in [0.1, 0.15) is 10.8 Å². The molecule has 22 heteroatoms. The maximum Gasteiger partial charge on any atom is 0.490 e. The van der Waals surface area contributed by atoms with Crippen molar-refractivity contribution < 1.29 is 60.3 Å². The maximum atomic E-state index is 13.2. The fourth-order valence-corrected chi connectivity index (χ4v) is 5.40. The van der Waals surface area contributed by atoms with Gasteiger partial charge in [-0.2, -0.15) is 31.3 Å². The largest absolute Gasteiger partial charge is 0.490 e. The van der Waals surface area contributed by atoms with Crippen LogP contribution in [0.1, 0.15) is 46.6 Å². The number of piperidine rings is 1. The predicted octanol–water partition coefficient (Wildman–Crippen LogP) is 6.55. The van der Waals surface area contributed by atoms with Crippen molar-refractivity contribution in [2.45, 2.75) is 51.4 Å². The lowest BCUT2D eigenvalue weighted by Crippen LogP contribution is -2.41. The molecule has 6 bridgehead atoms. The second kappa shape index (κ2) is 17.9. The first kappa shape index (κ1) is 41.8. The van der Waals surface area contributed by atoms with Crippen molar-refractivity contribution in [3.8, 4) is 0 Å². The lowest BCUT2D eigenvalue weighted by atomic mass is 9.94. The number of hydrogen-bond donors (Lipinski definition) is 5. The van der Waals surface area contributed by atoms with Gasteiger partial charge in [0, 0.05) is 43.1 Å². The van der Waals surface area contributed by atoms with E-state index in [1.807, 2.05) is 30.5 Å². The number of nitrogens with zero attached hydrogens (tertiary/aromatic N) is 5. The summed E-state index contributed by atoms with van der Waals surface area (Å²) in [6, 6.07) is 9.42. The van der Waals surface area contributed by atoms with Crippen molar-refractivity contribution in [3.05, 3.63) is 76.5 Å². The van der Waals surface area contributed by atoms with Crippen LogP contribution in [0.4, 0.5) is 55.2 Å². The fourth-order valence-electron chi connectivity index (χ4n) is 5.26. The molecule has 5 N–H and O–H groups in total. The van der Waals surface area contributed by atoms with E-state index in [1.165, 1.54) is 0 Å². The number of benzene rings is 1. The topological polar surface area (TPSA) is 213 Å². The summed E-state index contributed by atoms with van der Waals surface area (Å²) in [6.07, 6.45) is -1.66. The zero-order chi connectivity index (χ0) is 40.5. The van der Waals surface area contributed by atoms with E-state index in [0.717, 1.165) is 47.5 Å². The number of carbonyl (C=O) groups excluding carboxylic acids is 2. The molecule has 294 valence electrons. The van der Waals surface area contributed by atoms with Crippen LogP contribution in [-0.2, 0) is 27.2 Å². The normalized spacial score (nSPS) is 15.1. The Kier molecular flexibility index (Phi) is 13.6. The van der Waals surface area contributed by atoms with Crippen LogP contribution in [0.3, 0.4) is 0 Å². The van der Waals surface area contributed by atoms with Crippen LogP contribution in [0.25, 0.3) is 0 Å². The van der Waals surface area contributed by atoms with E-state index < -0.39 is 24.3 Å². The Balaban J connectivity index is 0.000000410. The number of aromatic nitrogens is 4. The monoisotopic (exact) mass is 800 g/mol. The molecule has 1 atom stereocenters. The Hall–Kier alpha value is -5.99. The number of halogens is 7. The molecule has 1 saturated heterocycles. The number of rotatable bonds is 4. The minimum atomic E-state index is -5.08. The van der Waals surface area contributed by atoms with Crippen LogP contribution in [0, 0.1) is 12.8 Å². The smallest absolute Gasteiger partial charge is 0.475 e. The number of carboxylic acid groups (broad SMARTS) is 2. The molecule has 5 heterocycles. The Morgan fingerprint density at radius 2 is 1.65 bits per heavy atom. The zero-order valence-electron chi connectivity index (χ0n) is 28.5. The van der Waals surface area contributed by atoms with Gasteiger partial charge in [-0.1, -0.05) is 16.8 Å². The molecule has 0 spiro atoms. The summed E-state index contributed by atoms with van der Waals surface area (Å²) in [5, 5.41) is 28.1. The third-order valence-corrected chi connectivity index (χ3v) is 8.01. The fraction of sp³-hybridized carbons (Fsp3) is 0.333. The molecule has 0 aliphatic carbocycles. The second-order valence-corrected chi connectivity index (χ2v) is 12.4. The number of fused-ring (bicyclic) bond motifs is 6. The maximum absolute atomic E-state index is 13.2. The highest BCUT2D eigenvalue weighted by Gasteiger charge is 2.39. The van der Waals surface area contributed by atoms with E-state index in [-0.39, 0.29) is 17.7 Å². The average molecular weight is 801 g/mol. The molecular formula is C33H31ClF6N8O7. The van der Waals surface area contributed by atoms with Crippen molar-refractivity contribution in [3.63, 3.8) is 0 Å². The summed E-state index contributed by atoms with van der Waals surface area (Å²) in [6.45, 7) is 2.91. The van der Waals surface area contributed by atoms with E-state index in [4.69, 9.17) is 35.9 Å². The third kappa shape index (κ3) is 12.5. The van der Waals surface area contributed by atoms with E-state index in [1.54, 1.807) is 30.3 Å². The molecule has 0 unspecified atom stereocenters. The molecule has 6 rings (SSSR count). The number of pyridine rings is 1. The van der Waals surface area contributed by atoms with Crippen molar-refractivity contribution in [1.29, 1.82) is 0 Å². The molecule has 0 saturated carbocycles. The van der Waals surface area contributed by atoms with Gasteiger partial charge < -0.3 is 35.6 Å². The number of nitrogens with one attached hydrogen (secondary N) is 3. The van der Waals surface area contributed by atoms with E-state index in [0.29, 0.717) is 54.2 Å².